The number of aliphatic imine (C=N–C) groups is 1. The van der Waals surface area contributed by atoms with E-state index >= 15 is 0 Å². The molecular formula is C13H23FN2. The number of halogens is 1. The molecule has 0 bridgehead atoms. The molecule has 0 unspecified atom stereocenters. The van der Waals surface area contributed by atoms with E-state index in [1.165, 1.54) is 25.0 Å². The van der Waals surface area contributed by atoms with Gasteiger partial charge in [0.25, 0.3) is 0 Å². The Balaban J connectivity index is 1.86. The van der Waals surface area contributed by atoms with Crippen molar-refractivity contribution in [2.45, 2.75) is 33.1 Å². The molecule has 0 aliphatic carbocycles. The first-order valence-corrected chi connectivity index (χ1v) is 6.47. The van der Waals surface area contributed by atoms with Crippen LogP contribution in [-0.4, -0.2) is 43.5 Å². The molecular weight excluding hydrogens is 203 g/mol. The number of piperidine rings is 1. The molecule has 2 rings (SSSR count). The van der Waals surface area contributed by atoms with E-state index in [1.807, 2.05) is 0 Å². The first-order chi connectivity index (χ1) is 7.65. The number of rotatable bonds is 3. The molecule has 2 aliphatic rings. The second-order valence-electron chi connectivity index (χ2n) is 5.67. The molecule has 1 fully saturated rings. The highest BCUT2D eigenvalue weighted by Gasteiger charge is 2.39. The lowest BCUT2D eigenvalue weighted by molar-refractivity contribution is 0.115. The molecule has 1 saturated heterocycles. The lowest BCUT2D eigenvalue weighted by Gasteiger charge is -2.38. The van der Waals surface area contributed by atoms with Crippen LogP contribution in [0.3, 0.4) is 0 Å². The van der Waals surface area contributed by atoms with Crippen molar-refractivity contribution in [3.05, 3.63) is 0 Å². The maximum absolute atomic E-state index is 12.2. The Kier molecular flexibility index (Phi) is 3.63. The van der Waals surface area contributed by atoms with Gasteiger partial charge in [0.1, 0.15) is 6.67 Å². The molecule has 3 heteroatoms. The minimum absolute atomic E-state index is 0.208. The first-order valence-electron chi connectivity index (χ1n) is 6.47. The molecule has 2 aliphatic heterocycles. The van der Waals surface area contributed by atoms with Crippen LogP contribution in [0.15, 0.2) is 4.99 Å². The summed E-state index contributed by atoms with van der Waals surface area (Å²) in [7, 11) is 0. The van der Waals surface area contributed by atoms with Crippen LogP contribution in [0.25, 0.3) is 0 Å². The Morgan fingerprint density at radius 2 is 2.06 bits per heavy atom. The monoisotopic (exact) mass is 226 g/mol. The van der Waals surface area contributed by atoms with Gasteiger partial charge in [-0.2, -0.15) is 0 Å². The molecule has 92 valence electrons. The summed E-state index contributed by atoms with van der Waals surface area (Å²) < 4.78 is 12.2. The topological polar surface area (TPSA) is 15.6 Å². The van der Waals surface area contributed by atoms with E-state index in [4.69, 9.17) is 4.99 Å². The minimum Gasteiger partial charge on any atom is -0.301 e. The third kappa shape index (κ3) is 2.45. The Labute approximate surface area is 97.9 Å². The fraction of sp³-hybridized carbons (Fsp3) is 0.923. The summed E-state index contributed by atoms with van der Waals surface area (Å²) in [6, 6.07) is 0. The summed E-state index contributed by atoms with van der Waals surface area (Å²) in [6.07, 6.45) is 3.59. The smallest absolute Gasteiger partial charge is 0.102 e. The van der Waals surface area contributed by atoms with Gasteiger partial charge in [0.15, 0.2) is 0 Å². The van der Waals surface area contributed by atoms with Gasteiger partial charge in [0.05, 0.1) is 0 Å². The molecule has 0 aromatic heterocycles. The molecule has 0 radical (unpaired) electrons. The van der Waals surface area contributed by atoms with Gasteiger partial charge in [-0.25, -0.2) is 4.39 Å². The summed E-state index contributed by atoms with van der Waals surface area (Å²) >= 11 is 0. The van der Waals surface area contributed by atoms with Crippen LogP contribution in [0.5, 0.6) is 0 Å². The van der Waals surface area contributed by atoms with Crippen molar-refractivity contribution in [2.75, 3.05) is 32.9 Å². The van der Waals surface area contributed by atoms with E-state index < -0.39 is 0 Å². The molecule has 0 aromatic carbocycles. The van der Waals surface area contributed by atoms with Crippen LogP contribution >= 0.6 is 0 Å². The number of alkyl halides is 1. The van der Waals surface area contributed by atoms with Crippen LogP contribution < -0.4 is 0 Å². The van der Waals surface area contributed by atoms with Crippen molar-refractivity contribution in [1.29, 1.82) is 0 Å². The third-order valence-electron chi connectivity index (χ3n) is 4.16. The van der Waals surface area contributed by atoms with Gasteiger partial charge in [-0.3, -0.25) is 4.99 Å². The van der Waals surface area contributed by atoms with E-state index in [2.05, 4.69) is 18.7 Å². The quantitative estimate of drug-likeness (QED) is 0.722. The van der Waals surface area contributed by atoms with Crippen LogP contribution in [-0.2, 0) is 0 Å². The number of hydrogen-bond acceptors (Lipinski definition) is 2. The lowest BCUT2D eigenvalue weighted by Crippen LogP contribution is -2.41. The first kappa shape index (κ1) is 12.0. The Bertz CT molecular complexity index is 265. The van der Waals surface area contributed by atoms with E-state index in [0.29, 0.717) is 17.9 Å². The number of likely N-dealkylation sites (tertiary alicyclic amines) is 1. The normalized spacial score (nSPS) is 25.4. The summed E-state index contributed by atoms with van der Waals surface area (Å²) in [5, 5.41) is 0. The predicted octanol–water partition coefficient (Wildman–Crippen LogP) is 2.54. The van der Waals surface area contributed by atoms with E-state index in [0.717, 1.165) is 19.6 Å². The summed E-state index contributed by atoms with van der Waals surface area (Å²) in [5.74, 6) is 0.600. The largest absolute Gasteiger partial charge is 0.301 e. The molecule has 0 saturated carbocycles. The number of nitrogens with zero attached hydrogens (tertiary/aromatic N) is 2. The lowest BCUT2D eigenvalue weighted by atomic mass is 9.75. The Morgan fingerprint density at radius 3 is 2.56 bits per heavy atom. The van der Waals surface area contributed by atoms with Crippen molar-refractivity contribution in [1.82, 2.24) is 4.90 Å². The SMILES string of the molecule is CC(C)C1=NCC2(CCN(CCF)CC2)C1. The average molecular weight is 226 g/mol. The molecule has 0 aromatic rings. The Hall–Kier alpha value is -0.440. The summed E-state index contributed by atoms with van der Waals surface area (Å²) in [4.78, 5) is 6.96. The molecule has 0 N–H and O–H groups in total. The van der Waals surface area contributed by atoms with Gasteiger partial charge < -0.3 is 4.90 Å². The van der Waals surface area contributed by atoms with Crippen molar-refractivity contribution < 1.29 is 4.39 Å². The molecule has 1 spiro atoms. The highest BCUT2D eigenvalue weighted by atomic mass is 19.1. The van der Waals surface area contributed by atoms with Crippen molar-refractivity contribution >= 4 is 5.71 Å². The van der Waals surface area contributed by atoms with Gasteiger partial charge in [0, 0.05) is 18.8 Å². The van der Waals surface area contributed by atoms with Gasteiger partial charge in [-0.1, -0.05) is 13.8 Å². The fourth-order valence-electron chi connectivity index (χ4n) is 2.86. The van der Waals surface area contributed by atoms with Crippen LogP contribution in [0.1, 0.15) is 33.1 Å². The fourth-order valence-corrected chi connectivity index (χ4v) is 2.86. The zero-order valence-electron chi connectivity index (χ0n) is 10.5. The van der Waals surface area contributed by atoms with Gasteiger partial charge >= 0.3 is 0 Å². The highest BCUT2D eigenvalue weighted by molar-refractivity contribution is 5.88. The van der Waals surface area contributed by atoms with Crippen molar-refractivity contribution in [3.8, 4) is 0 Å². The molecule has 0 atom stereocenters. The van der Waals surface area contributed by atoms with E-state index in [9.17, 15) is 4.39 Å². The molecule has 2 heterocycles. The third-order valence-corrected chi connectivity index (χ3v) is 4.16. The Morgan fingerprint density at radius 1 is 1.38 bits per heavy atom. The van der Waals surface area contributed by atoms with Crippen molar-refractivity contribution in [3.63, 3.8) is 0 Å². The van der Waals surface area contributed by atoms with Gasteiger partial charge in [-0.15, -0.1) is 0 Å². The zero-order valence-corrected chi connectivity index (χ0v) is 10.5. The van der Waals surface area contributed by atoms with Crippen LogP contribution in [0.2, 0.25) is 0 Å². The maximum Gasteiger partial charge on any atom is 0.102 e. The second kappa shape index (κ2) is 4.82. The standard InChI is InChI=1S/C13H23FN2/c1-11(2)12-9-13(10-15-12)3-6-16(7-4-13)8-5-14/h11H,3-10H2,1-2H3. The van der Waals surface area contributed by atoms with Crippen molar-refractivity contribution in [2.24, 2.45) is 16.3 Å². The molecule has 2 nitrogen and oxygen atoms in total. The van der Waals surface area contributed by atoms with Gasteiger partial charge in [-0.05, 0) is 43.7 Å². The van der Waals surface area contributed by atoms with Crippen LogP contribution in [0, 0.1) is 11.3 Å². The predicted molar refractivity (Wildman–Crippen MR) is 65.8 cm³/mol. The highest BCUT2D eigenvalue weighted by Crippen LogP contribution is 2.40. The maximum atomic E-state index is 12.2. The molecule has 0 amide bonds. The zero-order chi connectivity index (χ0) is 11.6. The second-order valence-corrected chi connectivity index (χ2v) is 5.67. The van der Waals surface area contributed by atoms with Gasteiger partial charge in [0.2, 0.25) is 0 Å². The average Bonchev–Trinajstić information content (AvgIpc) is 2.67. The number of hydrogen-bond donors (Lipinski definition) is 0. The minimum atomic E-state index is -0.208. The summed E-state index contributed by atoms with van der Waals surface area (Å²) in [5.41, 5.74) is 1.84. The van der Waals surface area contributed by atoms with Crippen LogP contribution in [0.4, 0.5) is 4.39 Å². The van der Waals surface area contributed by atoms with E-state index in [-0.39, 0.29) is 6.67 Å². The summed E-state index contributed by atoms with van der Waals surface area (Å²) in [6.45, 7) is 8.01. The molecule has 16 heavy (non-hydrogen) atoms. The van der Waals surface area contributed by atoms with E-state index in [1.54, 1.807) is 0 Å².